The third-order valence-electron chi connectivity index (χ3n) is 12.3. The van der Waals surface area contributed by atoms with Crippen molar-refractivity contribution in [2.75, 3.05) is 0 Å². The average molecular weight is 811 g/mol. The average Bonchev–Trinajstić information content (AvgIpc) is 3.88. The SMILES string of the molecule is Cc1ccc(-n2c3ccc(C(C)c4ccccc4)cc3c3c4ccccc4ccc32)cc1.O=Cc1ccccc1.c1ccc(-n2c3ccccc3c3c4ccccc4ccc32)cc1. The predicted octanol–water partition coefficient (Wildman–Crippen LogP) is 15.8. The molecule has 0 spiro atoms. The van der Waals surface area contributed by atoms with E-state index in [2.05, 4.69) is 223 Å². The van der Waals surface area contributed by atoms with Crippen molar-refractivity contribution in [1.82, 2.24) is 9.13 Å². The number of aldehydes is 1. The van der Waals surface area contributed by atoms with Crippen LogP contribution in [0.3, 0.4) is 0 Å². The molecule has 10 aromatic carbocycles. The van der Waals surface area contributed by atoms with Crippen molar-refractivity contribution in [2.24, 2.45) is 0 Å². The highest BCUT2D eigenvalue weighted by atomic mass is 16.1. The van der Waals surface area contributed by atoms with E-state index in [1.165, 1.54) is 93.2 Å². The summed E-state index contributed by atoms with van der Waals surface area (Å²) in [5, 5.41) is 10.5. The number of para-hydroxylation sites is 2. The highest BCUT2D eigenvalue weighted by molar-refractivity contribution is 6.22. The molecule has 2 aromatic heterocycles. The molecule has 3 heteroatoms. The van der Waals surface area contributed by atoms with Gasteiger partial charge in [-0.3, -0.25) is 4.79 Å². The van der Waals surface area contributed by atoms with Gasteiger partial charge >= 0.3 is 0 Å². The number of carbonyl (C=O) groups excluding carboxylic acids is 1. The molecular formula is C60H46N2O. The molecule has 1 atom stereocenters. The molecule has 12 rings (SSSR count). The molecule has 0 saturated heterocycles. The van der Waals surface area contributed by atoms with Gasteiger partial charge in [-0.1, -0.05) is 188 Å². The fourth-order valence-corrected chi connectivity index (χ4v) is 9.11. The third kappa shape index (κ3) is 7.45. The van der Waals surface area contributed by atoms with Crippen LogP contribution in [-0.2, 0) is 0 Å². The second kappa shape index (κ2) is 17.2. The van der Waals surface area contributed by atoms with Crippen molar-refractivity contribution in [3.05, 3.63) is 253 Å². The molecule has 2 heterocycles. The van der Waals surface area contributed by atoms with E-state index in [0.717, 1.165) is 11.8 Å². The predicted molar refractivity (Wildman–Crippen MR) is 267 cm³/mol. The van der Waals surface area contributed by atoms with Crippen LogP contribution in [0.25, 0.3) is 76.5 Å². The van der Waals surface area contributed by atoms with Gasteiger partial charge in [0.1, 0.15) is 6.29 Å². The fourth-order valence-electron chi connectivity index (χ4n) is 9.11. The van der Waals surface area contributed by atoms with E-state index < -0.39 is 0 Å². The molecular weight excluding hydrogens is 765 g/mol. The maximum Gasteiger partial charge on any atom is 0.150 e. The Morgan fingerprint density at radius 2 is 0.841 bits per heavy atom. The van der Waals surface area contributed by atoms with Crippen LogP contribution in [0.1, 0.15) is 39.9 Å². The minimum atomic E-state index is 0.341. The van der Waals surface area contributed by atoms with Gasteiger partial charge in [-0.2, -0.15) is 0 Å². The van der Waals surface area contributed by atoms with Gasteiger partial charge in [0, 0.05) is 44.4 Å². The number of fused-ring (bicyclic) bond motifs is 10. The van der Waals surface area contributed by atoms with Gasteiger partial charge in [-0.05, 0) is 94.2 Å². The first-order valence-electron chi connectivity index (χ1n) is 21.6. The minimum Gasteiger partial charge on any atom is -0.309 e. The standard InChI is InChI=1S/C31H25N.C22H15N.C7H6O/c1-21-12-16-26(17-13-21)32-29-18-15-25(22(2)23-8-4-3-5-9-23)20-28(29)31-27-11-7-6-10-24(27)14-19-30(31)32;1-2-9-17(10-3-1)23-20-13-7-6-12-19(20)22-18-11-5-4-8-16(18)14-15-21(22)23;8-6-7-4-2-1-3-5-7/h3-20,22H,1-2H3;1-15H;1-6H. The van der Waals surface area contributed by atoms with Crippen molar-refractivity contribution in [3.63, 3.8) is 0 Å². The quantitative estimate of drug-likeness (QED) is 0.159. The van der Waals surface area contributed by atoms with E-state index in [9.17, 15) is 4.79 Å². The van der Waals surface area contributed by atoms with Crippen LogP contribution >= 0.6 is 0 Å². The number of carbonyl (C=O) groups is 1. The van der Waals surface area contributed by atoms with Crippen LogP contribution in [0.4, 0.5) is 0 Å². The van der Waals surface area contributed by atoms with Crippen LogP contribution in [-0.4, -0.2) is 15.4 Å². The topological polar surface area (TPSA) is 26.9 Å². The van der Waals surface area contributed by atoms with Crippen molar-refractivity contribution in [2.45, 2.75) is 19.8 Å². The maximum absolute atomic E-state index is 10.0. The molecule has 1 unspecified atom stereocenters. The molecule has 302 valence electrons. The largest absolute Gasteiger partial charge is 0.309 e. The van der Waals surface area contributed by atoms with Gasteiger partial charge in [-0.15, -0.1) is 0 Å². The lowest BCUT2D eigenvalue weighted by Crippen LogP contribution is -1.96. The van der Waals surface area contributed by atoms with E-state index in [4.69, 9.17) is 0 Å². The van der Waals surface area contributed by atoms with Gasteiger partial charge in [0.2, 0.25) is 0 Å². The zero-order valence-electron chi connectivity index (χ0n) is 35.4. The van der Waals surface area contributed by atoms with E-state index in [1.54, 1.807) is 12.1 Å². The molecule has 0 bridgehead atoms. The van der Waals surface area contributed by atoms with E-state index in [0.29, 0.717) is 5.92 Å². The number of hydrogen-bond donors (Lipinski definition) is 0. The molecule has 12 aromatic rings. The second-order valence-corrected chi connectivity index (χ2v) is 16.2. The van der Waals surface area contributed by atoms with Crippen molar-refractivity contribution < 1.29 is 4.79 Å². The Hall–Kier alpha value is -8.01. The van der Waals surface area contributed by atoms with Crippen molar-refractivity contribution in [3.8, 4) is 11.4 Å². The van der Waals surface area contributed by atoms with E-state index in [-0.39, 0.29) is 0 Å². The van der Waals surface area contributed by atoms with Crippen molar-refractivity contribution in [1.29, 1.82) is 0 Å². The summed E-state index contributed by atoms with van der Waals surface area (Å²) in [6.07, 6.45) is 0.833. The zero-order chi connectivity index (χ0) is 42.7. The molecule has 3 nitrogen and oxygen atoms in total. The Bertz CT molecular complexity index is 3530. The fraction of sp³-hybridized carbons (Fsp3) is 0.0500. The highest BCUT2D eigenvalue weighted by Gasteiger charge is 2.18. The maximum atomic E-state index is 10.0. The van der Waals surface area contributed by atoms with Crippen LogP contribution in [0.15, 0.2) is 231 Å². The van der Waals surface area contributed by atoms with Crippen LogP contribution in [0, 0.1) is 6.92 Å². The summed E-state index contributed by atoms with van der Waals surface area (Å²) >= 11 is 0. The number of rotatable bonds is 5. The number of nitrogens with zero attached hydrogens (tertiary/aromatic N) is 2. The Labute approximate surface area is 367 Å². The first kappa shape index (κ1) is 39.1. The highest BCUT2D eigenvalue weighted by Crippen LogP contribution is 2.40. The van der Waals surface area contributed by atoms with Crippen LogP contribution < -0.4 is 0 Å². The van der Waals surface area contributed by atoms with E-state index in [1.807, 2.05) is 18.2 Å². The molecule has 0 aliphatic rings. The first-order chi connectivity index (χ1) is 31.1. The van der Waals surface area contributed by atoms with E-state index >= 15 is 0 Å². The van der Waals surface area contributed by atoms with Crippen molar-refractivity contribution >= 4 is 71.4 Å². The van der Waals surface area contributed by atoms with Gasteiger partial charge in [-0.25, -0.2) is 0 Å². The third-order valence-corrected chi connectivity index (χ3v) is 12.3. The van der Waals surface area contributed by atoms with Crippen LogP contribution in [0.2, 0.25) is 0 Å². The normalized spacial score (nSPS) is 11.7. The number of hydrogen-bond acceptors (Lipinski definition) is 1. The number of aromatic nitrogens is 2. The smallest absolute Gasteiger partial charge is 0.150 e. The molecule has 0 amide bonds. The summed E-state index contributed by atoms with van der Waals surface area (Å²) < 4.78 is 4.77. The Balaban J connectivity index is 0.000000132. The lowest BCUT2D eigenvalue weighted by Gasteiger charge is -2.13. The summed E-state index contributed by atoms with van der Waals surface area (Å²) in [5.41, 5.74) is 12.1. The molecule has 0 aliphatic heterocycles. The molecule has 0 fully saturated rings. The number of benzene rings is 10. The molecule has 0 aliphatic carbocycles. The van der Waals surface area contributed by atoms with Gasteiger partial charge < -0.3 is 9.13 Å². The lowest BCUT2D eigenvalue weighted by atomic mass is 9.92. The molecule has 63 heavy (non-hydrogen) atoms. The molecule has 0 radical (unpaired) electrons. The zero-order valence-corrected chi connectivity index (χ0v) is 35.4. The van der Waals surface area contributed by atoms with Gasteiger partial charge in [0.15, 0.2) is 0 Å². The number of aryl methyl sites for hydroxylation is 1. The summed E-state index contributed by atoms with van der Waals surface area (Å²) in [6, 6.07) is 81.3. The Morgan fingerprint density at radius 3 is 1.43 bits per heavy atom. The summed E-state index contributed by atoms with van der Waals surface area (Å²) in [5.74, 6) is 0.341. The molecule has 0 saturated carbocycles. The van der Waals surface area contributed by atoms with Gasteiger partial charge in [0.05, 0.1) is 22.1 Å². The minimum absolute atomic E-state index is 0.341. The Morgan fingerprint density at radius 1 is 0.381 bits per heavy atom. The summed E-state index contributed by atoms with van der Waals surface area (Å²) in [7, 11) is 0. The lowest BCUT2D eigenvalue weighted by molar-refractivity contribution is 0.112. The van der Waals surface area contributed by atoms with Gasteiger partial charge in [0.25, 0.3) is 0 Å². The Kier molecular flexibility index (Phi) is 10.7. The summed E-state index contributed by atoms with van der Waals surface area (Å²) in [6.45, 7) is 4.44. The second-order valence-electron chi connectivity index (χ2n) is 16.2. The monoisotopic (exact) mass is 810 g/mol. The summed E-state index contributed by atoms with van der Waals surface area (Å²) in [4.78, 5) is 10.0. The first-order valence-corrected chi connectivity index (χ1v) is 21.6. The van der Waals surface area contributed by atoms with Crippen LogP contribution in [0.5, 0.6) is 0 Å². The molecule has 0 N–H and O–H groups in total.